The van der Waals surface area contributed by atoms with Crippen molar-refractivity contribution in [3.05, 3.63) is 53.3 Å². The van der Waals surface area contributed by atoms with E-state index in [2.05, 4.69) is 16.4 Å². The molecule has 0 aliphatic heterocycles. The SMILES string of the molecule is CN(C)C(=O)COC1CCC(Nc2cc(=O)n(C)c3ccc(-n4ccnc4)cc23)CC1. The number of aromatic nitrogens is 3. The number of anilines is 1. The largest absolute Gasteiger partial charge is 0.382 e. The fourth-order valence-corrected chi connectivity index (χ4v) is 4.05. The number of fused-ring (bicyclic) bond motifs is 1. The van der Waals surface area contributed by atoms with Gasteiger partial charge in [0, 0.05) is 62.4 Å². The molecule has 0 spiro atoms. The number of hydrogen-bond donors (Lipinski definition) is 1. The summed E-state index contributed by atoms with van der Waals surface area (Å²) in [5.74, 6) is -0.0134. The van der Waals surface area contributed by atoms with Gasteiger partial charge in [0.25, 0.3) is 5.56 Å². The molecule has 1 fully saturated rings. The Bertz CT molecular complexity index is 1110. The zero-order valence-corrected chi connectivity index (χ0v) is 18.2. The Morgan fingerprint density at radius 1 is 1.23 bits per heavy atom. The van der Waals surface area contributed by atoms with Gasteiger partial charge in [-0.3, -0.25) is 9.59 Å². The van der Waals surface area contributed by atoms with Crippen LogP contribution in [0.2, 0.25) is 0 Å². The van der Waals surface area contributed by atoms with Gasteiger partial charge in [-0.1, -0.05) is 0 Å². The molecule has 2 aromatic heterocycles. The number of likely N-dealkylation sites (N-methyl/N-ethyl adjacent to an activating group) is 1. The molecule has 0 atom stereocenters. The van der Waals surface area contributed by atoms with E-state index in [9.17, 15) is 9.59 Å². The van der Waals surface area contributed by atoms with Crippen LogP contribution >= 0.6 is 0 Å². The lowest BCUT2D eigenvalue weighted by molar-refractivity contribution is -0.136. The summed E-state index contributed by atoms with van der Waals surface area (Å²) >= 11 is 0. The average Bonchev–Trinajstić information content (AvgIpc) is 3.31. The van der Waals surface area contributed by atoms with Gasteiger partial charge in [0.1, 0.15) is 6.61 Å². The Balaban J connectivity index is 1.49. The summed E-state index contributed by atoms with van der Waals surface area (Å²) in [5, 5.41) is 4.60. The van der Waals surface area contributed by atoms with Crippen LogP contribution < -0.4 is 10.9 Å². The van der Waals surface area contributed by atoms with Crippen molar-refractivity contribution in [2.24, 2.45) is 7.05 Å². The minimum atomic E-state index is -0.0374. The Morgan fingerprint density at radius 3 is 2.68 bits per heavy atom. The maximum atomic E-state index is 12.5. The molecule has 1 aliphatic carbocycles. The Kier molecular flexibility index (Phi) is 6.08. The number of hydrogen-bond acceptors (Lipinski definition) is 5. The predicted molar refractivity (Wildman–Crippen MR) is 121 cm³/mol. The molecule has 3 aromatic rings. The van der Waals surface area contributed by atoms with Crippen molar-refractivity contribution in [1.82, 2.24) is 19.0 Å². The molecule has 1 N–H and O–H groups in total. The standard InChI is InChI=1S/C23H29N5O3/c1-26(2)23(30)14-31-18-7-4-16(5-8-18)25-20-13-22(29)27(3)21-9-6-17(12-19(20)21)28-11-10-24-15-28/h6,9-13,15-16,18,25H,4-5,7-8,14H2,1-3H3. The minimum Gasteiger partial charge on any atom is -0.382 e. The topological polar surface area (TPSA) is 81.4 Å². The van der Waals surface area contributed by atoms with E-state index in [1.807, 2.05) is 22.9 Å². The summed E-state index contributed by atoms with van der Waals surface area (Å²) in [4.78, 5) is 29.9. The van der Waals surface area contributed by atoms with Crippen molar-refractivity contribution in [3.63, 3.8) is 0 Å². The maximum Gasteiger partial charge on any atom is 0.252 e. The fourth-order valence-electron chi connectivity index (χ4n) is 4.05. The minimum absolute atomic E-state index is 0.0134. The molecule has 1 aromatic carbocycles. The highest BCUT2D eigenvalue weighted by Crippen LogP contribution is 2.29. The lowest BCUT2D eigenvalue weighted by Crippen LogP contribution is -2.33. The van der Waals surface area contributed by atoms with E-state index in [1.165, 1.54) is 0 Å². The highest BCUT2D eigenvalue weighted by molar-refractivity contribution is 5.93. The number of amides is 1. The molecular weight excluding hydrogens is 394 g/mol. The van der Waals surface area contributed by atoms with Crippen molar-refractivity contribution in [1.29, 1.82) is 0 Å². The van der Waals surface area contributed by atoms with Crippen molar-refractivity contribution < 1.29 is 9.53 Å². The van der Waals surface area contributed by atoms with Crippen molar-refractivity contribution >= 4 is 22.5 Å². The highest BCUT2D eigenvalue weighted by atomic mass is 16.5. The van der Waals surface area contributed by atoms with Crippen LogP contribution in [0.15, 0.2) is 47.8 Å². The number of benzene rings is 1. The Morgan fingerprint density at radius 2 is 2.00 bits per heavy atom. The van der Waals surface area contributed by atoms with Crippen LogP contribution in [-0.2, 0) is 16.6 Å². The first-order valence-electron chi connectivity index (χ1n) is 10.6. The number of imidazole rings is 1. The third-order valence-electron chi connectivity index (χ3n) is 6.01. The molecule has 0 radical (unpaired) electrons. The molecular formula is C23H29N5O3. The summed E-state index contributed by atoms with van der Waals surface area (Å²) in [6.07, 6.45) is 9.16. The van der Waals surface area contributed by atoms with E-state index in [0.29, 0.717) is 0 Å². The predicted octanol–water partition coefficient (Wildman–Crippen LogP) is 2.55. The van der Waals surface area contributed by atoms with Gasteiger partial charge in [-0.25, -0.2) is 4.98 Å². The number of nitrogens with one attached hydrogen (secondary N) is 1. The van der Waals surface area contributed by atoms with E-state index < -0.39 is 0 Å². The monoisotopic (exact) mass is 423 g/mol. The summed E-state index contributed by atoms with van der Waals surface area (Å²) in [7, 11) is 5.27. The van der Waals surface area contributed by atoms with Crippen LogP contribution in [0.1, 0.15) is 25.7 Å². The lowest BCUT2D eigenvalue weighted by atomic mass is 9.92. The van der Waals surface area contributed by atoms with Crippen LogP contribution in [0.4, 0.5) is 5.69 Å². The smallest absolute Gasteiger partial charge is 0.252 e. The lowest BCUT2D eigenvalue weighted by Gasteiger charge is -2.30. The first-order valence-corrected chi connectivity index (χ1v) is 10.6. The molecule has 1 aliphatic rings. The van der Waals surface area contributed by atoms with Gasteiger partial charge in [-0.05, 0) is 43.9 Å². The number of carbonyl (C=O) groups excluding carboxylic acids is 1. The highest BCUT2D eigenvalue weighted by Gasteiger charge is 2.23. The zero-order chi connectivity index (χ0) is 22.0. The molecule has 8 heteroatoms. The van der Waals surface area contributed by atoms with Crippen LogP contribution in [0.5, 0.6) is 0 Å². The number of aryl methyl sites for hydroxylation is 1. The molecule has 4 rings (SSSR count). The molecule has 0 bridgehead atoms. The van der Waals surface area contributed by atoms with Gasteiger partial charge < -0.3 is 24.1 Å². The number of nitrogens with zero attached hydrogens (tertiary/aromatic N) is 4. The zero-order valence-electron chi connectivity index (χ0n) is 18.2. The van der Waals surface area contributed by atoms with Gasteiger partial charge in [0.15, 0.2) is 0 Å². The molecule has 1 saturated carbocycles. The number of rotatable bonds is 6. The molecule has 1 amide bonds. The summed E-state index contributed by atoms with van der Waals surface area (Å²) < 4.78 is 9.41. The fraction of sp³-hybridized carbons (Fsp3) is 0.435. The third-order valence-corrected chi connectivity index (χ3v) is 6.01. The number of ether oxygens (including phenoxy) is 1. The van der Waals surface area contributed by atoms with Crippen LogP contribution in [0.3, 0.4) is 0 Å². The molecule has 0 unspecified atom stereocenters. The first-order chi connectivity index (χ1) is 14.9. The summed E-state index contributed by atoms with van der Waals surface area (Å²) in [6.45, 7) is 0.131. The normalized spacial score (nSPS) is 18.8. The number of carbonyl (C=O) groups is 1. The van der Waals surface area contributed by atoms with Gasteiger partial charge >= 0.3 is 0 Å². The molecule has 8 nitrogen and oxygen atoms in total. The van der Waals surface area contributed by atoms with Crippen molar-refractivity contribution in [2.45, 2.75) is 37.8 Å². The van der Waals surface area contributed by atoms with Gasteiger partial charge in [-0.15, -0.1) is 0 Å². The van der Waals surface area contributed by atoms with Crippen LogP contribution in [-0.4, -0.2) is 57.8 Å². The van der Waals surface area contributed by atoms with Gasteiger partial charge in [-0.2, -0.15) is 0 Å². The summed E-state index contributed by atoms with van der Waals surface area (Å²) in [5.41, 5.74) is 2.70. The van der Waals surface area contributed by atoms with E-state index >= 15 is 0 Å². The first kappa shape index (κ1) is 21.1. The van der Waals surface area contributed by atoms with E-state index in [-0.39, 0.29) is 30.2 Å². The Labute approximate surface area is 181 Å². The van der Waals surface area contributed by atoms with Crippen molar-refractivity contribution in [3.8, 4) is 5.69 Å². The van der Waals surface area contributed by atoms with E-state index in [0.717, 1.165) is 48.0 Å². The van der Waals surface area contributed by atoms with Gasteiger partial charge in [0.2, 0.25) is 5.91 Å². The maximum absolute atomic E-state index is 12.5. The second-order valence-corrected chi connectivity index (χ2v) is 8.34. The van der Waals surface area contributed by atoms with E-state index in [4.69, 9.17) is 4.74 Å². The second kappa shape index (κ2) is 8.93. The Hall–Kier alpha value is -3.13. The van der Waals surface area contributed by atoms with E-state index in [1.54, 1.807) is 49.2 Å². The average molecular weight is 424 g/mol. The molecule has 31 heavy (non-hydrogen) atoms. The van der Waals surface area contributed by atoms with Crippen LogP contribution in [0.25, 0.3) is 16.6 Å². The summed E-state index contributed by atoms with van der Waals surface area (Å²) in [6, 6.07) is 7.99. The quantitative estimate of drug-likeness (QED) is 0.659. The van der Waals surface area contributed by atoms with Gasteiger partial charge in [0.05, 0.1) is 17.9 Å². The van der Waals surface area contributed by atoms with Crippen LogP contribution in [0, 0.1) is 0 Å². The molecule has 0 saturated heterocycles. The molecule has 2 heterocycles. The number of pyridine rings is 1. The second-order valence-electron chi connectivity index (χ2n) is 8.34. The third kappa shape index (κ3) is 4.64. The molecule has 164 valence electrons. The van der Waals surface area contributed by atoms with Crippen molar-refractivity contribution in [2.75, 3.05) is 26.0 Å².